The first-order valence-corrected chi connectivity index (χ1v) is 6.35. The lowest BCUT2D eigenvalue weighted by molar-refractivity contribution is -0.122. The van der Waals surface area contributed by atoms with E-state index in [1.54, 1.807) is 11.3 Å². The van der Waals surface area contributed by atoms with Crippen LogP contribution in [0.5, 0.6) is 0 Å². The van der Waals surface area contributed by atoms with Crippen LogP contribution in [0.1, 0.15) is 12.8 Å². The Bertz CT molecular complexity index is 517. The molecule has 2 aromatic rings. The molecular formula is C10H11N5OS. The van der Waals surface area contributed by atoms with E-state index in [9.17, 15) is 4.79 Å². The standard InChI is InChI=1S/C10H11N5OS/c16-9(11-8-1-2-8)5-15-13-10(12-14-15)7-3-4-17-6-7/h3-4,6,8H,1-2,5H2,(H,11,16). The number of nitrogens with zero attached hydrogens (tertiary/aromatic N) is 4. The first kappa shape index (κ1) is 10.4. The van der Waals surface area contributed by atoms with Gasteiger partial charge in [-0.15, -0.1) is 10.2 Å². The number of amides is 1. The van der Waals surface area contributed by atoms with E-state index >= 15 is 0 Å². The number of hydrogen-bond acceptors (Lipinski definition) is 5. The highest BCUT2D eigenvalue weighted by Gasteiger charge is 2.23. The minimum Gasteiger partial charge on any atom is -0.352 e. The molecule has 0 aromatic carbocycles. The smallest absolute Gasteiger partial charge is 0.243 e. The Labute approximate surface area is 102 Å². The first-order chi connectivity index (χ1) is 8.31. The van der Waals surface area contributed by atoms with Crippen LogP contribution >= 0.6 is 11.3 Å². The van der Waals surface area contributed by atoms with Crippen LogP contribution in [0.2, 0.25) is 0 Å². The molecule has 0 radical (unpaired) electrons. The molecule has 0 spiro atoms. The highest BCUT2D eigenvalue weighted by atomic mass is 32.1. The summed E-state index contributed by atoms with van der Waals surface area (Å²) in [5.74, 6) is 0.507. The van der Waals surface area contributed by atoms with Crippen LogP contribution in [0.25, 0.3) is 11.4 Å². The van der Waals surface area contributed by atoms with Crippen LogP contribution in [-0.2, 0) is 11.3 Å². The number of carbonyl (C=O) groups excluding carboxylic acids is 1. The number of aromatic nitrogens is 4. The molecule has 1 N–H and O–H groups in total. The van der Waals surface area contributed by atoms with E-state index in [4.69, 9.17) is 0 Å². The summed E-state index contributed by atoms with van der Waals surface area (Å²) in [5.41, 5.74) is 0.934. The summed E-state index contributed by atoms with van der Waals surface area (Å²) in [5, 5.41) is 18.7. The van der Waals surface area contributed by atoms with Gasteiger partial charge in [-0.05, 0) is 29.5 Å². The van der Waals surface area contributed by atoms with E-state index in [1.807, 2.05) is 16.8 Å². The Morgan fingerprint density at radius 2 is 2.47 bits per heavy atom. The Kier molecular flexibility index (Phi) is 2.60. The molecule has 1 fully saturated rings. The Hall–Kier alpha value is -1.76. The molecule has 3 rings (SSSR count). The van der Waals surface area contributed by atoms with Crippen molar-refractivity contribution in [3.63, 3.8) is 0 Å². The number of nitrogens with one attached hydrogen (secondary N) is 1. The third-order valence-electron chi connectivity index (χ3n) is 2.46. The van der Waals surface area contributed by atoms with Gasteiger partial charge in [-0.2, -0.15) is 16.1 Å². The van der Waals surface area contributed by atoms with Crippen molar-refractivity contribution in [1.82, 2.24) is 25.5 Å². The maximum atomic E-state index is 11.5. The topological polar surface area (TPSA) is 72.7 Å². The highest BCUT2D eigenvalue weighted by Crippen LogP contribution is 2.18. The average molecular weight is 249 g/mol. The summed E-state index contributed by atoms with van der Waals surface area (Å²) < 4.78 is 0. The van der Waals surface area contributed by atoms with Crippen molar-refractivity contribution < 1.29 is 4.79 Å². The lowest BCUT2D eigenvalue weighted by Gasteiger charge is -2.00. The molecular weight excluding hydrogens is 238 g/mol. The lowest BCUT2D eigenvalue weighted by atomic mass is 10.3. The van der Waals surface area contributed by atoms with E-state index in [0.717, 1.165) is 18.4 Å². The normalized spacial score (nSPS) is 14.8. The summed E-state index contributed by atoms with van der Waals surface area (Å²) in [7, 11) is 0. The quantitative estimate of drug-likeness (QED) is 0.864. The molecule has 0 bridgehead atoms. The van der Waals surface area contributed by atoms with Crippen molar-refractivity contribution in [1.29, 1.82) is 0 Å². The summed E-state index contributed by atoms with van der Waals surface area (Å²) >= 11 is 1.58. The summed E-state index contributed by atoms with van der Waals surface area (Å²) in [6, 6.07) is 2.29. The van der Waals surface area contributed by atoms with Crippen LogP contribution in [0.15, 0.2) is 16.8 Å². The monoisotopic (exact) mass is 249 g/mol. The fourth-order valence-electron chi connectivity index (χ4n) is 1.45. The molecule has 0 saturated heterocycles. The second-order valence-corrected chi connectivity index (χ2v) is 4.78. The average Bonchev–Trinajstić information content (AvgIpc) is 2.84. The second-order valence-electron chi connectivity index (χ2n) is 4.00. The van der Waals surface area contributed by atoms with E-state index in [2.05, 4.69) is 20.7 Å². The Balaban J connectivity index is 1.65. The van der Waals surface area contributed by atoms with Crippen molar-refractivity contribution in [3.05, 3.63) is 16.8 Å². The number of rotatable bonds is 4. The molecule has 17 heavy (non-hydrogen) atoms. The first-order valence-electron chi connectivity index (χ1n) is 5.41. The minimum absolute atomic E-state index is 0.0539. The molecule has 2 heterocycles. The largest absolute Gasteiger partial charge is 0.352 e. The van der Waals surface area contributed by atoms with Crippen molar-refractivity contribution in [2.45, 2.75) is 25.4 Å². The molecule has 0 atom stereocenters. The van der Waals surface area contributed by atoms with Gasteiger partial charge in [0.2, 0.25) is 11.7 Å². The number of thiophene rings is 1. The van der Waals surface area contributed by atoms with Crippen LogP contribution in [0.3, 0.4) is 0 Å². The van der Waals surface area contributed by atoms with Crippen LogP contribution < -0.4 is 5.32 Å². The van der Waals surface area contributed by atoms with Gasteiger partial charge in [0.25, 0.3) is 0 Å². The van der Waals surface area contributed by atoms with Crippen molar-refractivity contribution >= 4 is 17.2 Å². The van der Waals surface area contributed by atoms with Gasteiger partial charge < -0.3 is 5.32 Å². The van der Waals surface area contributed by atoms with E-state index in [1.165, 1.54) is 4.80 Å². The molecule has 2 aromatic heterocycles. The van der Waals surface area contributed by atoms with Gasteiger partial charge in [-0.25, -0.2) is 0 Å². The van der Waals surface area contributed by atoms with Crippen LogP contribution in [0, 0.1) is 0 Å². The predicted molar refractivity (Wildman–Crippen MR) is 62.3 cm³/mol. The fourth-order valence-corrected chi connectivity index (χ4v) is 2.08. The van der Waals surface area contributed by atoms with E-state index < -0.39 is 0 Å². The highest BCUT2D eigenvalue weighted by molar-refractivity contribution is 7.08. The Morgan fingerprint density at radius 1 is 1.59 bits per heavy atom. The Morgan fingerprint density at radius 3 is 3.18 bits per heavy atom. The zero-order valence-corrected chi connectivity index (χ0v) is 9.85. The van der Waals surface area contributed by atoms with Crippen molar-refractivity contribution in [2.24, 2.45) is 0 Å². The zero-order chi connectivity index (χ0) is 11.7. The third-order valence-corrected chi connectivity index (χ3v) is 3.14. The van der Waals surface area contributed by atoms with E-state index in [-0.39, 0.29) is 12.5 Å². The summed E-state index contributed by atoms with van der Waals surface area (Å²) in [6.07, 6.45) is 2.16. The maximum absolute atomic E-state index is 11.5. The SMILES string of the molecule is O=C(Cn1nnc(-c2ccsc2)n1)NC1CC1. The van der Waals surface area contributed by atoms with Crippen molar-refractivity contribution in [2.75, 3.05) is 0 Å². The van der Waals surface area contributed by atoms with Crippen LogP contribution in [0.4, 0.5) is 0 Å². The van der Waals surface area contributed by atoms with Gasteiger partial charge in [0.15, 0.2) is 0 Å². The second kappa shape index (κ2) is 4.25. The van der Waals surface area contributed by atoms with Gasteiger partial charge >= 0.3 is 0 Å². The molecule has 88 valence electrons. The summed E-state index contributed by atoms with van der Waals surface area (Å²) in [4.78, 5) is 12.8. The minimum atomic E-state index is -0.0539. The zero-order valence-electron chi connectivity index (χ0n) is 9.04. The summed E-state index contributed by atoms with van der Waals surface area (Å²) in [6.45, 7) is 0.133. The van der Waals surface area contributed by atoms with Gasteiger partial charge in [-0.3, -0.25) is 4.79 Å². The molecule has 6 nitrogen and oxygen atoms in total. The molecule has 1 aliphatic rings. The molecule has 1 saturated carbocycles. The third kappa shape index (κ3) is 2.50. The molecule has 7 heteroatoms. The van der Waals surface area contributed by atoms with Gasteiger partial charge in [0.1, 0.15) is 6.54 Å². The molecule has 1 amide bonds. The van der Waals surface area contributed by atoms with Gasteiger partial charge in [0.05, 0.1) is 0 Å². The number of carbonyl (C=O) groups is 1. The molecule has 0 aliphatic heterocycles. The van der Waals surface area contributed by atoms with Crippen LogP contribution in [-0.4, -0.2) is 32.2 Å². The predicted octanol–water partition coefficient (Wildman–Crippen LogP) is 0.680. The molecule has 0 unspecified atom stereocenters. The number of tetrazole rings is 1. The van der Waals surface area contributed by atoms with Crippen molar-refractivity contribution in [3.8, 4) is 11.4 Å². The maximum Gasteiger partial charge on any atom is 0.243 e. The van der Waals surface area contributed by atoms with Gasteiger partial charge in [-0.1, -0.05) is 0 Å². The number of hydrogen-bond donors (Lipinski definition) is 1. The fraction of sp³-hybridized carbons (Fsp3) is 0.400. The molecule has 1 aliphatic carbocycles. The van der Waals surface area contributed by atoms with E-state index in [0.29, 0.717) is 11.9 Å². The van der Waals surface area contributed by atoms with Gasteiger partial charge in [0, 0.05) is 17.0 Å². The lowest BCUT2D eigenvalue weighted by Crippen LogP contribution is -2.30.